The number of unbranched alkanes of at least 4 members (excludes halogenated alkanes) is 3. The number of ether oxygens (including phenoxy) is 1. The van der Waals surface area contributed by atoms with Gasteiger partial charge < -0.3 is 18.3 Å². The highest BCUT2D eigenvalue weighted by atomic mass is 28.5. The summed E-state index contributed by atoms with van der Waals surface area (Å²) in [7, 11) is -5.71. The number of alkyl halides is 1. The van der Waals surface area contributed by atoms with E-state index < -0.39 is 43.6 Å². The Morgan fingerprint density at radius 1 is 0.933 bits per heavy atom. The van der Waals surface area contributed by atoms with E-state index in [4.69, 9.17) is 13.0 Å². The first-order valence-corrected chi connectivity index (χ1v) is 21.0. The predicted octanol–water partition coefficient (Wildman–Crippen LogP) is 6.96. The lowest BCUT2D eigenvalue weighted by atomic mass is 10.1. The molecule has 0 rings (SSSR count). The topological polar surface area (TPSA) is 56.8 Å². The van der Waals surface area contributed by atoms with E-state index in [1.165, 1.54) is 0 Å². The maximum atomic E-state index is 14.0. The Bertz CT molecular complexity index is 468. The molecule has 2 atom stereocenters. The zero-order chi connectivity index (χ0) is 23.4. The number of hydrogen-bond acceptors (Lipinski definition) is 4. The summed E-state index contributed by atoms with van der Waals surface area (Å²) in [5, 5.41) is 2.80. The van der Waals surface area contributed by atoms with Crippen LogP contribution < -0.4 is 5.32 Å². The standard InChI is InChI=1S/C21H48FNO4Si3/c1-10-11-12-13-15-20(22)18-19(2)25-21(24)23-16-14-17-30(9,26-28(3,4)5)27-29(6,7)8/h19-20H,10-18H2,1-9H3,(H,23,24). The van der Waals surface area contributed by atoms with E-state index in [1.54, 1.807) is 6.92 Å². The fraction of sp³-hybridized carbons (Fsp3) is 0.952. The Kier molecular flexibility index (Phi) is 13.9. The summed E-state index contributed by atoms with van der Waals surface area (Å²) in [6, 6.07) is 0.835. The van der Waals surface area contributed by atoms with Crippen molar-refractivity contribution in [3.8, 4) is 0 Å². The smallest absolute Gasteiger partial charge is 0.407 e. The lowest BCUT2D eigenvalue weighted by molar-refractivity contribution is 0.0841. The van der Waals surface area contributed by atoms with Gasteiger partial charge >= 0.3 is 14.7 Å². The molecule has 0 aliphatic rings. The molecule has 9 heteroatoms. The lowest BCUT2D eigenvalue weighted by Crippen LogP contribution is -2.52. The quantitative estimate of drug-likeness (QED) is 0.191. The van der Waals surface area contributed by atoms with E-state index >= 15 is 0 Å². The van der Waals surface area contributed by atoms with Gasteiger partial charge in [-0.25, -0.2) is 9.18 Å². The number of hydrogen-bond donors (Lipinski definition) is 1. The summed E-state index contributed by atoms with van der Waals surface area (Å²) in [4.78, 5) is 12.0. The van der Waals surface area contributed by atoms with Gasteiger partial charge in [-0.15, -0.1) is 0 Å². The second kappa shape index (κ2) is 14.0. The molecular weight excluding hydrogens is 433 g/mol. The van der Waals surface area contributed by atoms with E-state index in [0.717, 1.165) is 38.1 Å². The average molecular weight is 482 g/mol. The van der Waals surface area contributed by atoms with E-state index in [1.807, 2.05) is 0 Å². The summed E-state index contributed by atoms with van der Waals surface area (Å²) in [6.07, 6.45) is 4.05. The first-order chi connectivity index (χ1) is 13.7. The van der Waals surface area contributed by atoms with Crippen molar-refractivity contribution >= 4 is 31.3 Å². The normalized spacial score (nSPS) is 15.0. The van der Waals surface area contributed by atoms with E-state index in [9.17, 15) is 9.18 Å². The van der Waals surface area contributed by atoms with Gasteiger partial charge in [0.1, 0.15) is 12.3 Å². The van der Waals surface area contributed by atoms with Crippen LogP contribution in [0.25, 0.3) is 0 Å². The van der Waals surface area contributed by atoms with Gasteiger partial charge in [0.25, 0.3) is 0 Å². The Morgan fingerprint density at radius 2 is 1.50 bits per heavy atom. The highest BCUT2D eigenvalue weighted by molar-refractivity contribution is 6.87. The van der Waals surface area contributed by atoms with Crippen LogP contribution in [0.5, 0.6) is 0 Å². The summed E-state index contributed by atoms with van der Waals surface area (Å²) < 4.78 is 32.3. The Morgan fingerprint density at radius 3 is 2.00 bits per heavy atom. The molecule has 0 heterocycles. The Hall–Kier alpha value is -0.229. The van der Waals surface area contributed by atoms with Crippen LogP contribution in [0.15, 0.2) is 0 Å². The third-order valence-corrected chi connectivity index (χ3v) is 14.0. The molecule has 0 fully saturated rings. The fourth-order valence-electron chi connectivity index (χ4n) is 3.56. The molecule has 0 aromatic heterocycles. The number of carbonyl (C=O) groups excluding carboxylic acids is 1. The number of alkyl carbamates (subject to hydrolysis) is 1. The number of nitrogens with one attached hydrogen (secondary N) is 1. The van der Waals surface area contributed by atoms with E-state index in [2.05, 4.69) is 58.1 Å². The van der Waals surface area contributed by atoms with Gasteiger partial charge in [0.05, 0.1) is 0 Å². The molecule has 30 heavy (non-hydrogen) atoms. The number of rotatable bonds is 16. The van der Waals surface area contributed by atoms with Crippen molar-refractivity contribution in [2.75, 3.05) is 6.54 Å². The molecular formula is C21H48FNO4Si3. The van der Waals surface area contributed by atoms with Crippen LogP contribution >= 0.6 is 0 Å². The Balaban J connectivity index is 4.28. The molecule has 0 spiro atoms. The first kappa shape index (κ1) is 29.8. The molecule has 0 radical (unpaired) electrons. The summed E-state index contributed by atoms with van der Waals surface area (Å²) in [5.74, 6) is 0. The molecule has 0 bridgehead atoms. The molecule has 1 amide bonds. The van der Waals surface area contributed by atoms with Gasteiger partial charge in [-0.2, -0.15) is 0 Å². The van der Waals surface area contributed by atoms with Crippen molar-refractivity contribution in [2.45, 2.75) is 123 Å². The predicted molar refractivity (Wildman–Crippen MR) is 132 cm³/mol. The SMILES string of the molecule is CCCCCCC(F)CC(C)OC(=O)NCCC[Si](C)(O[Si](C)(C)C)O[Si](C)(C)C. The lowest BCUT2D eigenvalue weighted by Gasteiger charge is -2.38. The fourth-order valence-corrected chi connectivity index (χ4v) is 16.1. The van der Waals surface area contributed by atoms with Gasteiger partial charge in [-0.05, 0) is 71.6 Å². The van der Waals surface area contributed by atoms with Crippen molar-refractivity contribution in [1.82, 2.24) is 5.32 Å². The number of amides is 1. The van der Waals surface area contributed by atoms with E-state index in [0.29, 0.717) is 13.0 Å². The van der Waals surface area contributed by atoms with Crippen LogP contribution in [0.4, 0.5) is 9.18 Å². The molecule has 1 N–H and O–H groups in total. The zero-order valence-corrected chi connectivity index (χ0v) is 24.0. The van der Waals surface area contributed by atoms with Crippen LogP contribution in [0.1, 0.15) is 58.8 Å². The third kappa shape index (κ3) is 17.5. The number of halogens is 1. The highest BCUT2D eigenvalue weighted by Gasteiger charge is 2.39. The van der Waals surface area contributed by atoms with Gasteiger partial charge in [0, 0.05) is 13.0 Å². The molecule has 5 nitrogen and oxygen atoms in total. The average Bonchev–Trinajstić information content (AvgIpc) is 2.52. The molecule has 180 valence electrons. The second-order valence-electron chi connectivity index (χ2n) is 10.5. The molecule has 0 aromatic rings. The molecule has 0 aromatic carbocycles. The van der Waals surface area contributed by atoms with Crippen LogP contribution in [-0.4, -0.2) is 50.1 Å². The monoisotopic (exact) mass is 481 g/mol. The van der Waals surface area contributed by atoms with Gasteiger partial charge in [-0.3, -0.25) is 0 Å². The van der Waals surface area contributed by atoms with Gasteiger partial charge in [0.15, 0.2) is 16.6 Å². The van der Waals surface area contributed by atoms with Crippen molar-refractivity contribution in [3.05, 3.63) is 0 Å². The number of carbonyl (C=O) groups is 1. The van der Waals surface area contributed by atoms with Gasteiger partial charge in [-0.1, -0.05) is 32.6 Å². The van der Waals surface area contributed by atoms with Crippen LogP contribution in [0.2, 0.25) is 51.9 Å². The second-order valence-corrected chi connectivity index (χ2v) is 23.3. The van der Waals surface area contributed by atoms with E-state index in [-0.39, 0.29) is 6.42 Å². The minimum absolute atomic E-state index is 0.263. The highest BCUT2D eigenvalue weighted by Crippen LogP contribution is 2.25. The molecule has 0 saturated heterocycles. The largest absolute Gasteiger partial charge is 0.446 e. The van der Waals surface area contributed by atoms with Crippen molar-refractivity contribution in [2.24, 2.45) is 0 Å². The molecule has 0 aliphatic heterocycles. The summed E-state index contributed by atoms with van der Waals surface area (Å²) >= 11 is 0. The maximum Gasteiger partial charge on any atom is 0.407 e. The van der Waals surface area contributed by atoms with Crippen LogP contribution in [-0.2, 0) is 13.0 Å². The first-order valence-electron chi connectivity index (χ1n) is 11.6. The minimum Gasteiger partial charge on any atom is -0.446 e. The maximum absolute atomic E-state index is 14.0. The molecule has 0 aliphatic carbocycles. The zero-order valence-electron chi connectivity index (χ0n) is 21.0. The van der Waals surface area contributed by atoms with Gasteiger partial charge in [0.2, 0.25) is 0 Å². The van der Waals surface area contributed by atoms with Crippen LogP contribution in [0, 0.1) is 0 Å². The van der Waals surface area contributed by atoms with Crippen LogP contribution in [0.3, 0.4) is 0 Å². The summed E-state index contributed by atoms with van der Waals surface area (Å²) in [6.45, 7) is 19.7. The molecule has 2 unspecified atom stereocenters. The third-order valence-electron chi connectivity index (χ3n) is 4.39. The van der Waals surface area contributed by atoms with Crippen molar-refractivity contribution < 1.29 is 22.2 Å². The Labute approximate surface area is 188 Å². The van der Waals surface area contributed by atoms with Crippen molar-refractivity contribution in [3.63, 3.8) is 0 Å². The summed E-state index contributed by atoms with van der Waals surface area (Å²) in [5.41, 5.74) is 0. The molecule has 0 saturated carbocycles. The minimum atomic E-state index is -2.28. The van der Waals surface area contributed by atoms with Crippen molar-refractivity contribution in [1.29, 1.82) is 0 Å².